The van der Waals surface area contributed by atoms with E-state index in [0.29, 0.717) is 11.4 Å². The maximum Gasteiger partial charge on any atom is 0.229 e. The summed E-state index contributed by atoms with van der Waals surface area (Å²) in [5.74, 6) is 0.533. The predicted octanol–water partition coefficient (Wildman–Crippen LogP) is 3.86. The molecule has 1 saturated carbocycles. The first-order valence-corrected chi connectivity index (χ1v) is 8.29. The van der Waals surface area contributed by atoms with Crippen molar-refractivity contribution in [2.24, 2.45) is 12.5 Å². The van der Waals surface area contributed by atoms with Crippen LogP contribution in [0.25, 0.3) is 0 Å². The lowest BCUT2D eigenvalue weighted by Crippen LogP contribution is -2.37. The minimum absolute atomic E-state index is 0.189. The average molecular weight is 373 g/mol. The molecule has 1 aromatic carbocycles. The maximum atomic E-state index is 12.7. The molecule has 1 fully saturated rings. The van der Waals surface area contributed by atoms with Crippen molar-refractivity contribution in [3.63, 3.8) is 0 Å². The van der Waals surface area contributed by atoms with Gasteiger partial charge in [-0.2, -0.15) is 0 Å². The minimum Gasteiger partial charge on any atom is -0.342 e. The largest absolute Gasteiger partial charge is 0.342 e. The summed E-state index contributed by atoms with van der Waals surface area (Å²) in [5, 5.41) is 3.65. The number of amides is 1. The zero-order chi connectivity index (χ0) is 16.8. The van der Waals surface area contributed by atoms with Crippen LogP contribution in [0.2, 0.25) is 5.02 Å². The molecule has 1 aliphatic carbocycles. The van der Waals surface area contributed by atoms with Crippen molar-refractivity contribution in [1.82, 2.24) is 14.9 Å². The number of imidazole rings is 1. The zero-order valence-electron chi connectivity index (χ0n) is 12.7. The van der Waals surface area contributed by atoms with Gasteiger partial charge in [0.2, 0.25) is 5.91 Å². The first-order chi connectivity index (χ1) is 10.7. The van der Waals surface area contributed by atoms with Gasteiger partial charge in [-0.05, 0) is 31.0 Å². The highest BCUT2D eigenvalue weighted by molar-refractivity contribution is 6.53. The number of alkyl halides is 2. The van der Waals surface area contributed by atoms with Crippen LogP contribution in [0, 0.1) is 5.41 Å². The molecular formula is C16H16Cl3N3O. The molecule has 1 aromatic heterocycles. The predicted molar refractivity (Wildman–Crippen MR) is 91.8 cm³/mol. The number of nitrogens with one attached hydrogen (secondary N) is 1. The third-order valence-corrected chi connectivity index (χ3v) is 5.71. The Bertz CT molecular complexity index is 741. The van der Waals surface area contributed by atoms with Crippen LogP contribution in [0.3, 0.4) is 0 Å². The van der Waals surface area contributed by atoms with Gasteiger partial charge in [0.25, 0.3) is 0 Å². The van der Waals surface area contributed by atoms with Crippen molar-refractivity contribution in [1.29, 1.82) is 0 Å². The molecule has 1 aliphatic rings. The molecule has 2 aromatic rings. The standard InChI is InChI=1S/C16H16Cl3N3O/c1-15(9-16(15,18)19)14(23)21-12(13-20-7-8-22(13)2)10-3-5-11(17)6-4-10/h3-8,12H,9H2,1-2H3,(H,21,23)/t12-,15-/m1/s1. The number of hydrogen-bond acceptors (Lipinski definition) is 2. The van der Waals surface area contributed by atoms with Gasteiger partial charge in [0.1, 0.15) is 16.2 Å². The highest BCUT2D eigenvalue weighted by Gasteiger charge is 2.68. The van der Waals surface area contributed by atoms with Crippen LogP contribution < -0.4 is 5.32 Å². The van der Waals surface area contributed by atoms with E-state index in [2.05, 4.69) is 10.3 Å². The quantitative estimate of drug-likeness (QED) is 0.828. The Labute approximate surface area is 149 Å². The highest BCUT2D eigenvalue weighted by Crippen LogP contribution is 2.64. The number of nitrogens with zero attached hydrogens (tertiary/aromatic N) is 2. The Morgan fingerprint density at radius 2 is 1.96 bits per heavy atom. The van der Waals surface area contributed by atoms with E-state index in [9.17, 15) is 4.79 Å². The van der Waals surface area contributed by atoms with E-state index >= 15 is 0 Å². The molecule has 1 N–H and O–H groups in total. The number of halogens is 3. The molecule has 122 valence electrons. The Morgan fingerprint density at radius 1 is 1.35 bits per heavy atom. The summed E-state index contributed by atoms with van der Waals surface area (Å²) in [6.07, 6.45) is 3.95. The average Bonchev–Trinajstić information content (AvgIpc) is 2.81. The molecule has 0 spiro atoms. The molecule has 0 unspecified atom stereocenters. The second kappa shape index (κ2) is 5.69. The number of carbonyl (C=O) groups excluding carboxylic acids is 1. The minimum atomic E-state index is -1.01. The van der Waals surface area contributed by atoms with Gasteiger partial charge >= 0.3 is 0 Å². The van der Waals surface area contributed by atoms with E-state index in [1.54, 1.807) is 25.3 Å². The van der Waals surface area contributed by atoms with Gasteiger partial charge in [-0.3, -0.25) is 4.79 Å². The molecule has 3 rings (SSSR count). The third-order valence-electron chi connectivity index (χ3n) is 4.35. The van der Waals surface area contributed by atoms with Gasteiger partial charge in [0.15, 0.2) is 0 Å². The summed E-state index contributed by atoms with van der Waals surface area (Å²) in [6.45, 7) is 1.76. The molecule has 1 amide bonds. The highest BCUT2D eigenvalue weighted by atomic mass is 35.5. The van der Waals surface area contributed by atoms with E-state index in [1.165, 1.54) is 0 Å². The third kappa shape index (κ3) is 2.95. The molecule has 0 saturated heterocycles. The molecule has 0 radical (unpaired) electrons. The second-order valence-electron chi connectivity index (χ2n) is 6.07. The summed E-state index contributed by atoms with van der Waals surface area (Å²) in [5.41, 5.74) is 0.0995. The fourth-order valence-corrected chi connectivity index (χ4v) is 3.38. The van der Waals surface area contributed by atoms with Gasteiger partial charge < -0.3 is 9.88 Å². The summed E-state index contributed by atoms with van der Waals surface area (Å²) in [6, 6.07) is 6.90. The van der Waals surface area contributed by atoms with E-state index < -0.39 is 15.8 Å². The zero-order valence-corrected chi connectivity index (χ0v) is 15.0. The van der Waals surface area contributed by atoms with Gasteiger partial charge in [-0.1, -0.05) is 23.7 Å². The lowest BCUT2D eigenvalue weighted by Gasteiger charge is -2.22. The van der Waals surface area contributed by atoms with Crippen LogP contribution in [-0.4, -0.2) is 19.8 Å². The number of aromatic nitrogens is 2. The van der Waals surface area contributed by atoms with Gasteiger partial charge in [-0.15, -0.1) is 23.2 Å². The van der Waals surface area contributed by atoms with Crippen molar-refractivity contribution >= 4 is 40.7 Å². The Kier molecular flexibility index (Phi) is 4.11. The first-order valence-electron chi connectivity index (χ1n) is 7.16. The Hall–Kier alpha value is -1.23. The summed E-state index contributed by atoms with van der Waals surface area (Å²) < 4.78 is 0.854. The van der Waals surface area contributed by atoms with Crippen LogP contribution >= 0.6 is 34.8 Å². The first kappa shape index (κ1) is 16.6. The molecule has 0 bridgehead atoms. The number of aryl methyl sites for hydroxylation is 1. The van der Waals surface area contributed by atoms with E-state index in [-0.39, 0.29) is 5.91 Å². The van der Waals surface area contributed by atoms with Gasteiger partial charge in [-0.25, -0.2) is 4.98 Å². The molecule has 2 atom stereocenters. The van der Waals surface area contributed by atoms with E-state index in [4.69, 9.17) is 34.8 Å². The molecular weight excluding hydrogens is 357 g/mol. The van der Waals surface area contributed by atoms with Crippen molar-refractivity contribution in [3.8, 4) is 0 Å². The number of benzene rings is 1. The summed E-state index contributed by atoms with van der Waals surface area (Å²) in [4.78, 5) is 17.0. The molecule has 4 nitrogen and oxygen atoms in total. The van der Waals surface area contributed by atoms with Crippen LogP contribution in [-0.2, 0) is 11.8 Å². The van der Waals surface area contributed by atoms with Crippen LogP contribution in [0.15, 0.2) is 36.7 Å². The van der Waals surface area contributed by atoms with Crippen molar-refractivity contribution in [2.45, 2.75) is 23.7 Å². The SMILES string of the molecule is Cn1ccnc1[C@H](NC(=O)[C@@]1(C)CC1(Cl)Cl)c1ccc(Cl)cc1. The van der Waals surface area contributed by atoms with Crippen LogP contribution in [0.4, 0.5) is 0 Å². The van der Waals surface area contributed by atoms with Crippen LogP contribution in [0.5, 0.6) is 0 Å². The Balaban J connectivity index is 1.92. The van der Waals surface area contributed by atoms with Crippen molar-refractivity contribution < 1.29 is 4.79 Å². The smallest absolute Gasteiger partial charge is 0.229 e. The van der Waals surface area contributed by atoms with E-state index in [1.807, 2.05) is 29.9 Å². The lowest BCUT2D eigenvalue weighted by atomic mass is 10.0. The van der Waals surface area contributed by atoms with Gasteiger partial charge in [0, 0.05) is 24.5 Å². The summed E-state index contributed by atoms with van der Waals surface area (Å²) in [7, 11) is 1.88. The van der Waals surface area contributed by atoms with Crippen molar-refractivity contribution in [2.75, 3.05) is 0 Å². The fourth-order valence-electron chi connectivity index (χ4n) is 2.54. The van der Waals surface area contributed by atoms with Gasteiger partial charge in [0.05, 0.1) is 5.41 Å². The maximum absolute atomic E-state index is 12.7. The van der Waals surface area contributed by atoms with Crippen molar-refractivity contribution in [3.05, 3.63) is 53.1 Å². The Morgan fingerprint density at radius 3 is 2.43 bits per heavy atom. The lowest BCUT2D eigenvalue weighted by molar-refractivity contribution is -0.126. The monoisotopic (exact) mass is 371 g/mol. The molecule has 1 heterocycles. The topological polar surface area (TPSA) is 46.9 Å². The summed E-state index contributed by atoms with van der Waals surface area (Å²) >= 11 is 18.2. The molecule has 23 heavy (non-hydrogen) atoms. The number of hydrogen-bond donors (Lipinski definition) is 1. The molecule has 0 aliphatic heterocycles. The van der Waals surface area contributed by atoms with E-state index in [0.717, 1.165) is 11.4 Å². The number of rotatable bonds is 4. The fraction of sp³-hybridized carbons (Fsp3) is 0.375. The normalized spacial score (nSPS) is 23.3. The number of carbonyl (C=O) groups is 1. The second-order valence-corrected chi connectivity index (χ2v) is 7.99. The van der Waals surface area contributed by atoms with Crippen LogP contribution in [0.1, 0.15) is 30.8 Å². The molecule has 7 heteroatoms.